The minimum atomic E-state index is 0.474. The van der Waals surface area contributed by atoms with Crippen LogP contribution in [0.25, 0.3) is 17.0 Å². The zero-order valence-corrected chi connectivity index (χ0v) is 15.1. The van der Waals surface area contributed by atoms with Gasteiger partial charge in [0.2, 0.25) is 5.75 Å². The summed E-state index contributed by atoms with van der Waals surface area (Å²) in [6.07, 6.45) is 2.53. The van der Waals surface area contributed by atoms with Gasteiger partial charge in [-0.05, 0) is 24.1 Å². The average molecular weight is 342 g/mol. The van der Waals surface area contributed by atoms with Crippen LogP contribution in [0.1, 0.15) is 19.7 Å². The van der Waals surface area contributed by atoms with Crippen LogP contribution < -0.4 is 14.2 Å². The molecule has 0 aliphatic heterocycles. The summed E-state index contributed by atoms with van der Waals surface area (Å²) in [5.41, 5.74) is 1.73. The van der Waals surface area contributed by atoms with Crippen molar-refractivity contribution in [3.63, 3.8) is 0 Å². The lowest BCUT2D eigenvalue weighted by atomic mass is 10.1. The van der Waals surface area contributed by atoms with Crippen molar-refractivity contribution in [1.82, 2.24) is 19.6 Å². The Morgan fingerprint density at radius 2 is 1.72 bits per heavy atom. The summed E-state index contributed by atoms with van der Waals surface area (Å²) < 4.78 is 18.0. The van der Waals surface area contributed by atoms with Crippen molar-refractivity contribution in [2.24, 2.45) is 5.92 Å². The molecule has 0 bridgehead atoms. The zero-order valence-electron chi connectivity index (χ0n) is 15.1. The SMILES string of the molecule is COc1cc(-c2ccnc3nc(CC(C)C)nn23)cc(OC)c1OC. The van der Waals surface area contributed by atoms with Gasteiger partial charge in [0.1, 0.15) is 0 Å². The monoisotopic (exact) mass is 342 g/mol. The van der Waals surface area contributed by atoms with Crippen LogP contribution in [0, 0.1) is 5.92 Å². The highest BCUT2D eigenvalue weighted by atomic mass is 16.5. The number of rotatable bonds is 6. The molecule has 0 N–H and O–H groups in total. The Morgan fingerprint density at radius 1 is 1.04 bits per heavy atom. The van der Waals surface area contributed by atoms with Gasteiger partial charge < -0.3 is 14.2 Å². The van der Waals surface area contributed by atoms with Gasteiger partial charge in [0.15, 0.2) is 17.3 Å². The van der Waals surface area contributed by atoms with E-state index in [4.69, 9.17) is 14.2 Å². The lowest BCUT2D eigenvalue weighted by Crippen LogP contribution is -2.00. The lowest BCUT2D eigenvalue weighted by molar-refractivity contribution is 0.324. The van der Waals surface area contributed by atoms with Crippen LogP contribution >= 0.6 is 0 Å². The Hall–Kier alpha value is -2.83. The molecule has 2 aromatic heterocycles. The first kappa shape index (κ1) is 17.0. The standard InChI is InChI=1S/C18H22N4O3/c1-11(2)8-16-20-18-19-7-6-13(22(18)21-16)12-9-14(23-3)17(25-5)15(10-12)24-4/h6-7,9-11H,8H2,1-5H3. The normalized spacial score (nSPS) is 11.1. The molecule has 0 spiro atoms. The molecular formula is C18H22N4O3. The molecule has 0 aliphatic rings. The molecule has 1 aromatic carbocycles. The smallest absolute Gasteiger partial charge is 0.252 e. The van der Waals surface area contributed by atoms with Gasteiger partial charge in [-0.15, -0.1) is 5.10 Å². The van der Waals surface area contributed by atoms with E-state index in [1.165, 1.54) is 0 Å². The van der Waals surface area contributed by atoms with Crippen LogP contribution in [0.3, 0.4) is 0 Å². The molecule has 0 unspecified atom stereocenters. The Morgan fingerprint density at radius 3 is 2.28 bits per heavy atom. The molecule has 3 aromatic rings. The largest absolute Gasteiger partial charge is 0.493 e. The maximum Gasteiger partial charge on any atom is 0.252 e. The van der Waals surface area contributed by atoms with Gasteiger partial charge in [-0.25, -0.2) is 4.98 Å². The Balaban J connectivity index is 2.17. The van der Waals surface area contributed by atoms with Crippen LogP contribution in [0.5, 0.6) is 17.2 Å². The van der Waals surface area contributed by atoms with E-state index in [1.807, 2.05) is 18.2 Å². The molecule has 0 saturated heterocycles. The number of ether oxygens (including phenoxy) is 3. The summed E-state index contributed by atoms with van der Waals surface area (Å²) in [6.45, 7) is 4.28. The van der Waals surface area contributed by atoms with E-state index < -0.39 is 0 Å². The highest BCUT2D eigenvalue weighted by Crippen LogP contribution is 2.41. The number of benzene rings is 1. The van der Waals surface area contributed by atoms with E-state index in [0.717, 1.165) is 23.5 Å². The number of hydrogen-bond donors (Lipinski definition) is 0. The maximum atomic E-state index is 5.44. The molecule has 0 fully saturated rings. The second kappa shape index (κ2) is 6.96. The molecule has 0 radical (unpaired) electrons. The molecule has 7 nitrogen and oxygen atoms in total. The first-order valence-corrected chi connectivity index (χ1v) is 8.08. The Kier molecular flexibility index (Phi) is 4.74. The minimum absolute atomic E-state index is 0.474. The van der Waals surface area contributed by atoms with Crippen molar-refractivity contribution in [2.75, 3.05) is 21.3 Å². The second-order valence-electron chi connectivity index (χ2n) is 6.08. The molecule has 0 saturated carbocycles. The molecule has 3 rings (SSSR count). The molecule has 0 amide bonds. The molecule has 7 heteroatoms. The van der Waals surface area contributed by atoms with E-state index in [1.54, 1.807) is 32.0 Å². The van der Waals surface area contributed by atoms with Gasteiger partial charge in [0.05, 0.1) is 27.0 Å². The molecule has 0 atom stereocenters. The Bertz CT molecular complexity index is 864. The summed E-state index contributed by atoms with van der Waals surface area (Å²) in [4.78, 5) is 8.83. The quantitative estimate of drug-likeness (QED) is 0.686. The van der Waals surface area contributed by atoms with Crippen LogP contribution in [-0.4, -0.2) is 40.9 Å². The third kappa shape index (κ3) is 3.22. The van der Waals surface area contributed by atoms with Gasteiger partial charge in [-0.3, -0.25) is 0 Å². The maximum absolute atomic E-state index is 5.44. The van der Waals surface area contributed by atoms with Crippen LogP contribution in [0.15, 0.2) is 24.4 Å². The van der Waals surface area contributed by atoms with Gasteiger partial charge >= 0.3 is 0 Å². The van der Waals surface area contributed by atoms with E-state index in [2.05, 4.69) is 28.9 Å². The van der Waals surface area contributed by atoms with Crippen LogP contribution in [-0.2, 0) is 6.42 Å². The van der Waals surface area contributed by atoms with E-state index >= 15 is 0 Å². The van der Waals surface area contributed by atoms with Crippen molar-refractivity contribution >= 4 is 5.78 Å². The van der Waals surface area contributed by atoms with Crippen molar-refractivity contribution in [3.05, 3.63) is 30.2 Å². The molecular weight excluding hydrogens is 320 g/mol. The van der Waals surface area contributed by atoms with E-state index in [9.17, 15) is 0 Å². The topological polar surface area (TPSA) is 70.8 Å². The summed E-state index contributed by atoms with van der Waals surface area (Å²) in [5.74, 6) is 3.55. The predicted octanol–water partition coefficient (Wildman–Crippen LogP) is 3.02. The fourth-order valence-electron chi connectivity index (χ4n) is 2.73. The number of methoxy groups -OCH3 is 3. The molecule has 132 valence electrons. The molecule has 0 aliphatic carbocycles. The first-order valence-electron chi connectivity index (χ1n) is 8.08. The first-order chi connectivity index (χ1) is 12.1. The fraction of sp³-hybridized carbons (Fsp3) is 0.389. The predicted molar refractivity (Wildman–Crippen MR) is 94.4 cm³/mol. The van der Waals surface area contributed by atoms with Crippen LogP contribution in [0.2, 0.25) is 0 Å². The summed E-state index contributed by atoms with van der Waals surface area (Å²) in [5, 5.41) is 4.61. The molecule has 2 heterocycles. The van der Waals surface area contributed by atoms with Crippen molar-refractivity contribution in [3.8, 4) is 28.5 Å². The number of fused-ring (bicyclic) bond motifs is 1. The van der Waals surface area contributed by atoms with E-state index in [0.29, 0.717) is 28.9 Å². The van der Waals surface area contributed by atoms with Gasteiger partial charge in [0.25, 0.3) is 5.78 Å². The van der Waals surface area contributed by atoms with Gasteiger partial charge in [-0.1, -0.05) is 13.8 Å². The second-order valence-corrected chi connectivity index (χ2v) is 6.08. The molecule has 25 heavy (non-hydrogen) atoms. The lowest BCUT2D eigenvalue weighted by Gasteiger charge is -2.14. The summed E-state index contributed by atoms with van der Waals surface area (Å²) in [7, 11) is 4.78. The fourth-order valence-corrected chi connectivity index (χ4v) is 2.73. The highest BCUT2D eigenvalue weighted by molar-refractivity contribution is 5.69. The number of nitrogens with zero attached hydrogens (tertiary/aromatic N) is 4. The third-order valence-corrected chi connectivity index (χ3v) is 3.84. The summed E-state index contributed by atoms with van der Waals surface area (Å²) >= 11 is 0. The third-order valence-electron chi connectivity index (χ3n) is 3.84. The van der Waals surface area contributed by atoms with Crippen LogP contribution in [0.4, 0.5) is 0 Å². The highest BCUT2D eigenvalue weighted by Gasteiger charge is 2.17. The number of aromatic nitrogens is 4. The number of hydrogen-bond acceptors (Lipinski definition) is 6. The average Bonchev–Trinajstić information content (AvgIpc) is 3.01. The van der Waals surface area contributed by atoms with Gasteiger partial charge in [0, 0.05) is 18.2 Å². The van der Waals surface area contributed by atoms with Crippen molar-refractivity contribution in [1.29, 1.82) is 0 Å². The zero-order chi connectivity index (χ0) is 18.0. The van der Waals surface area contributed by atoms with Crippen molar-refractivity contribution < 1.29 is 14.2 Å². The Labute approximate surface area is 146 Å². The summed E-state index contributed by atoms with van der Waals surface area (Å²) in [6, 6.07) is 5.67. The van der Waals surface area contributed by atoms with Crippen molar-refractivity contribution in [2.45, 2.75) is 20.3 Å². The van der Waals surface area contributed by atoms with Gasteiger partial charge in [-0.2, -0.15) is 9.50 Å². The van der Waals surface area contributed by atoms with E-state index in [-0.39, 0.29) is 0 Å². The minimum Gasteiger partial charge on any atom is -0.493 e.